The minimum atomic E-state index is 0.165. The van der Waals surface area contributed by atoms with E-state index >= 15 is 0 Å². The Morgan fingerprint density at radius 1 is 1.05 bits per heavy atom. The Morgan fingerprint density at radius 2 is 1.79 bits per heavy atom. The molecule has 4 nitrogen and oxygen atoms in total. The van der Waals surface area contributed by atoms with Gasteiger partial charge in [-0.15, -0.1) is 0 Å². The van der Waals surface area contributed by atoms with Crippen LogP contribution in [0.4, 0.5) is 5.69 Å². The topological polar surface area (TPSA) is 72.2 Å². The Bertz CT molecular complexity index is 767. The smallest absolute Gasteiger partial charge is 0.247 e. The molecule has 0 fully saturated rings. The summed E-state index contributed by atoms with van der Waals surface area (Å²) in [5.41, 5.74) is 6.91. The second kappa shape index (κ2) is 4.39. The molecule has 0 saturated carbocycles. The average Bonchev–Trinajstić information content (AvgIpc) is 2.79. The number of nitrogens with two attached hydrogens (primary N) is 1. The molecule has 0 atom stereocenters. The van der Waals surface area contributed by atoms with E-state index in [1.807, 2.05) is 24.3 Å². The number of hydrogen-bond donors (Lipinski definition) is 1. The molecule has 3 aromatic rings. The number of nitriles is 1. The van der Waals surface area contributed by atoms with Crippen molar-refractivity contribution in [1.29, 1.82) is 5.26 Å². The number of ether oxygens (including phenoxy) is 1. The Morgan fingerprint density at radius 3 is 2.53 bits per heavy atom. The molecule has 0 amide bonds. The van der Waals surface area contributed by atoms with E-state index in [0.29, 0.717) is 22.8 Å². The zero-order chi connectivity index (χ0) is 13.2. The normalized spacial score (nSPS) is 10.3. The Labute approximate surface area is 109 Å². The summed E-state index contributed by atoms with van der Waals surface area (Å²) in [7, 11) is 0. The van der Waals surface area contributed by atoms with E-state index in [1.165, 1.54) is 0 Å². The van der Waals surface area contributed by atoms with E-state index in [9.17, 15) is 0 Å². The van der Waals surface area contributed by atoms with Gasteiger partial charge in [0.15, 0.2) is 5.75 Å². The van der Waals surface area contributed by atoms with E-state index < -0.39 is 0 Å². The number of benzene rings is 2. The molecule has 0 unspecified atom stereocenters. The van der Waals surface area contributed by atoms with Gasteiger partial charge in [-0.3, -0.25) is 0 Å². The zero-order valence-electron chi connectivity index (χ0n) is 9.96. The molecular weight excluding hydrogens is 240 g/mol. The summed E-state index contributed by atoms with van der Waals surface area (Å²) >= 11 is 0. The van der Waals surface area contributed by atoms with Crippen LogP contribution in [0.5, 0.6) is 11.5 Å². The van der Waals surface area contributed by atoms with Crippen LogP contribution < -0.4 is 10.5 Å². The fraction of sp³-hybridized carbons (Fsp3) is 0. The maximum atomic E-state index is 9.10. The van der Waals surface area contributed by atoms with Crippen molar-refractivity contribution in [1.82, 2.24) is 0 Å². The number of para-hydroxylation sites is 1. The first-order chi connectivity index (χ1) is 9.28. The first kappa shape index (κ1) is 11.2. The van der Waals surface area contributed by atoms with Gasteiger partial charge in [-0.05, 0) is 36.4 Å². The van der Waals surface area contributed by atoms with E-state index in [2.05, 4.69) is 0 Å². The van der Waals surface area contributed by atoms with Crippen molar-refractivity contribution in [2.75, 3.05) is 5.73 Å². The highest BCUT2D eigenvalue weighted by molar-refractivity contribution is 5.86. The number of nitrogens with zero attached hydrogens (tertiary/aromatic N) is 1. The molecule has 3 rings (SSSR count). The summed E-state index contributed by atoms with van der Waals surface area (Å²) in [6.45, 7) is 0. The summed E-state index contributed by atoms with van der Waals surface area (Å²) < 4.78 is 11.2. The van der Waals surface area contributed by atoms with E-state index in [-0.39, 0.29) is 5.76 Å². The third-order valence-corrected chi connectivity index (χ3v) is 2.75. The van der Waals surface area contributed by atoms with Crippen molar-refractivity contribution in [2.24, 2.45) is 0 Å². The highest BCUT2D eigenvalue weighted by atomic mass is 16.5. The van der Waals surface area contributed by atoms with E-state index in [1.54, 1.807) is 30.3 Å². The van der Waals surface area contributed by atoms with Gasteiger partial charge in [0.25, 0.3) is 0 Å². The van der Waals surface area contributed by atoms with Gasteiger partial charge in [0.05, 0.1) is 5.39 Å². The van der Waals surface area contributed by atoms with Crippen LogP contribution in [0.2, 0.25) is 0 Å². The van der Waals surface area contributed by atoms with Gasteiger partial charge in [0.2, 0.25) is 5.76 Å². The van der Waals surface area contributed by atoms with Crippen LogP contribution in [0.1, 0.15) is 5.76 Å². The van der Waals surface area contributed by atoms with Gasteiger partial charge in [-0.1, -0.05) is 12.1 Å². The van der Waals surface area contributed by atoms with Crippen molar-refractivity contribution in [3.63, 3.8) is 0 Å². The number of hydrogen-bond acceptors (Lipinski definition) is 4. The lowest BCUT2D eigenvalue weighted by molar-refractivity contribution is 0.467. The van der Waals surface area contributed by atoms with Gasteiger partial charge < -0.3 is 14.9 Å². The van der Waals surface area contributed by atoms with Gasteiger partial charge in [-0.2, -0.15) is 5.26 Å². The number of rotatable bonds is 2. The molecule has 0 saturated heterocycles. The lowest BCUT2D eigenvalue weighted by Crippen LogP contribution is -1.87. The summed E-state index contributed by atoms with van der Waals surface area (Å²) in [6.07, 6.45) is 0. The third kappa shape index (κ3) is 1.98. The van der Waals surface area contributed by atoms with Crippen molar-refractivity contribution in [2.45, 2.75) is 0 Å². The third-order valence-electron chi connectivity index (χ3n) is 2.75. The predicted molar refractivity (Wildman–Crippen MR) is 71.9 cm³/mol. The lowest BCUT2D eigenvalue weighted by atomic mass is 10.2. The van der Waals surface area contributed by atoms with Crippen molar-refractivity contribution in [3.8, 4) is 17.6 Å². The molecule has 2 N–H and O–H groups in total. The summed E-state index contributed by atoms with van der Waals surface area (Å²) in [6, 6.07) is 16.3. The second-order valence-electron chi connectivity index (χ2n) is 4.04. The molecule has 0 spiro atoms. The number of furan rings is 1. The van der Waals surface area contributed by atoms with Gasteiger partial charge >= 0.3 is 0 Å². The molecule has 0 aliphatic carbocycles. The van der Waals surface area contributed by atoms with Gasteiger partial charge in [0, 0.05) is 5.69 Å². The highest BCUT2D eigenvalue weighted by Crippen LogP contribution is 2.35. The standard InChI is InChI=1S/C15H10N2O2/c16-9-14-15(12-3-1-2-4-13(12)19-14)18-11-7-5-10(17)6-8-11/h1-8H,17H2. The van der Waals surface area contributed by atoms with Crippen LogP contribution >= 0.6 is 0 Å². The van der Waals surface area contributed by atoms with Gasteiger partial charge in [-0.25, -0.2) is 0 Å². The summed E-state index contributed by atoms with van der Waals surface area (Å²) in [5, 5.41) is 9.87. The Kier molecular flexibility index (Phi) is 2.58. The quantitative estimate of drug-likeness (QED) is 0.704. The molecule has 0 radical (unpaired) electrons. The lowest BCUT2D eigenvalue weighted by Gasteiger charge is -2.04. The van der Waals surface area contributed by atoms with Crippen LogP contribution in [0, 0.1) is 11.3 Å². The molecular formula is C15H10N2O2. The fourth-order valence-electron chi connectivity index (χ4n) is 1.85. The second-order valence-corrected chi connectivity index (χ2v) is 4.04. The fourth-order valence-corrected chi connectivity index (χ4v) is 1.85. The number of anilines is 1. The molecule has 1 heterocycles. The monoisotopic (exact) mass is 250 g/mol. The highest BCUT2D eigenvalue weighted by Gasteiger charge is 2.15. The minimum absolute atomic E-state index is 0.165. The van der Waals surface area contributed by atoms with Crippen LogP contribution in [0.15, 0.2) is 52.9 Å². The van der Waals surface area contributed by atoms with Crippen LogP contribution in [0.3, 0.4) is 0 Å². The summed E-state index contributed by atoms with van der Waals surface area (Å²) in [4.78, 5) is 0. The average molecular weight is 250 g/mol. The number of fused-ring (bicyclic) bond motifs is 1. The zero-order valence-corrected chi connectivity index (χ0v) is 9.96. The molecule has 0 aliphatic rings. The molecule has 0 bridgehead atoms. The Hall–Kier alpha value is -2.93. The van der Waals surface area contributed by atoms with E-state index in [0.717, 1.165) is 5.39 Å². The largest absolute Gasteiger partial charge is 0.452 e. The molecule has 4 heteroatoms. The number of nitrogen functional groups attached to an aromatic ring is 1. The first-order valence-corrected chi connectivity index (χ1v) is 5.73. The molecule has 2 aromatic carbocycles. The Balaban J connectivity index is 2.09. The van der Waals surface area contributed by atoms with Crippen LogP contribution in [-0.4, -0.2) is 0 Å². The van der Waals surface area contributed by atoms with Crippen LogP contribution in [0.25, 0.3) is 11.0 Å². The molecule has 19 heavy (non-hydrogen) atoms. The van der Waals surface area contributed by atoms with Crippen LogP contribution in [-0.2, 0) is 0 Å². The molecule has 92 valence electrons. The summed E-state index contributed by atoms with van der Waals surface area (Å²) in [5.74, 6) is 1.21. The van der Waals surface area contributed by atoms with Gasteiger partial charge in [0.1, 0.15) is 17.4 Å². The van der Waals surface area contributed by atoms with Crippen molar-refractivity contribution >= 4 is 16.7 Å². The maximum Gasteiger partial charge on any atom is 0.247 e. The minimum Gasteiger partial charge on any atom is -0.452 e. The SMILES string of the molecule is N#Cc1oc2ccccc2c1Oc1ccc(N)cc1. The maximum absolute atomic E-state index is 9.10. The first-order valence-electron chi connectivity index (χ1n) is 5.73. The van der Waals surface area contributed by atoms with Crippen molar-refractivity contribution in [3.05, 3.63) is 54.3 Å². The van der Waals surface area contributed by atoms with Crippen molar-refractivity contribution < 1.29 is 9.15 Å². The predicted octanol–water partition coefficient (Wildman–Crippen LogP) is 3.68. The molecule has 1 aromatic heterocycles. The van der Waals surface area contributed by atoms with E-state index in [4.69, 9.17) is 20.1 Å². The molecule has 0 aliphatic heterocycles.